The molecule has 3 aromatic rings. The van der Waals surface area contributed by atoms with Gasteiger partial charge in [-0.3, -0.25) is 9.48 Å². The van der Waals surface area contributed by atoms with E-state index < -0.39 is 6.10 Å². The summed E-state index contributed by atoms with van der Waals surface area (Å²) in [6, 6.07) is 13.6. The molecular weight excluding hydrogens is 321 g/mol. The summed E-state index contributed by atoms with van der Waals surface area (Å²) in [6.07, 6.45) is 1.53. The van der Waals surface area contributed by atoms with Gasteiger partial charge in [0.2, 0.25) is 5.91 Å². The predicted molar refractivity (Wildman–Crippen MR) is 91.2 cm³/mol. The van der Waals surface area contributed by atoms with Crippen LogP contribution < -0.4 is 0 Å². The topological polar surface area (TPSA) is 58.4 Å². The Morgan fingerprint density at radius 3 is 2.92 bits per heavy atom. The zero-order valence-corrected chi connectivity index (χ0v) is 13.5. The number of halogens is 1. The van der Waals surface area contributed by atoms with Crippen molar-refractivity contribution in [2.24, 2.45) is 0 Å². The molecule has 2 heterocycles. The summed E-state index contributed by atoms with van der Waals surface area (Å²) in [4.78, 5) is 14.5. The van der Waals surface area contributed by atoms with Crippen LogP contribution in [0.3, 0.4) is 0 Å². The Morgan fingerprint density at radius 2 is 2.08 bits per heavy atom. The van der Waals surface area contributed by atoms with Crippen molar-refractivity contribution < 1.29 is 14.3 Å². The number of aliphatic hydroxyl groups is 1. The number of carbonyl (C=O) groups excluding carboxylic acids is 1. The maximum Gasteiger partial charge on any atom is 0.244 e. The molecule has 0 radical (unpaired) electrons. The second-order valence-electron chi connectivity index (χ2n) is 6.37. The third-order valence-corrected chi connectivity index (χ3v) is 4.67. The van der Waals surface area contributed by atoms with E-state index in [9.17, 15) is 14.3 Å². The number of para-hydroxylation sites is 1. The minimum atomic E-state index is -0.605. The number of aromatic nitrogens is 2. The fourth-order valence-electron chi connectivity index (χ4n) is 3.49. The van der Waals surface area contributed by atoms with Crippen LogP contribution in [0.25, 0.3) is 10.9 Å². The zero-order chi connectivity index (χ0) is 17.4. The van der Waals surface area contributed by atoms with Gasteiger partial charge in [0.15, 0.2) is 0 Å². The van der Waals surface area contributed by atoms with Crippen LogP contribution in [-0.2, 0) is 11.3 Å². The first-order valence-corrected chi connectivity index (χ1v) is 8.25. The van der Waals surface area contributed by atoms with Gasteiger partial charge in [0.05, 0.1) is 23.9 Å². The van der Waals surface area contributed by atoms with Gasteiger partial charge in [-0.1, -0.05) is 30.3 Å². The summed E-state index contributed by atoms with van der Waals surface area (Å²) in [7, 11) is 0. The molecule has 1 amide bonds. The highest BCUT2D eigenvalue weighted by Gasteiger charge is 2.35. The van der Waals surface area contributed by atoms with Crippen molar-refractivity contribution in [1.82, 2.24) is 14.7 Å². The molecule has 6 heteroatoms. The van der Waals surface area contributed by atoms with E-state index in [1.165, 1.54) is 12.1 Å². The zero-order valence-electron chi connectivity index (χ0n) is 13.5. The number of carbonyl (C=O) groups is 1. The van der Waals surface area contributed by atoms with Crippen molar-refractivity contribution in [2.75, 3.05) is 6.54 Å². The molecular formula is C19H18FN3O2. The Morgan fingerprint density at radius 1 is 1.24 bits per heavy atom. The molecule has 0 spiro atoms. The minimum Gasteiger partial charge on any atom is -0.391 e. The van der Waals surface area contributed by atoms with E-state index in [0.29, 0.717) is 12.0 Å². The van der Waals surface area contributed by atoms with Gasteiger partial charge < -0.3 is 10.0 Å². The van der Waals surface area contributed by atoms with Crippen LogP contribution in [-0.4, -0.2) is 38.3 Å². The highest BCUT2D eigenvalue weighted by Crippen LogP contribution is 2.32. The molecule has 2 atom stereocenters. The number of fused-ring (bicyclic) bond motifs is 1. The van der Waals surface area contributed by atoms with Crippen LogP contribution in [0.1, 0.15) is 18.0 Å². The molecule has 1 aliphatic heterocycles. The van der Waals surface area contributed by atoms with E-state index in [1.807, 2.05) is 24.3 Å². The minimum absolute atomic E-state index is 0.0893. The number of hydrogen-bond donors (Lipinski definition) is 1. The smallest absolute Gasteiger partial charge is 0.244 e. The van der Waals surface area contributed by atoms with Crippen LogP contribution >= 0.6 is 0 Å². The molecule has 0 unspecified atom stereocenters. The summed E-state index contributed by atoms with van der Waals surface area (Å²) in [6.45, 7) is 0.339. The Kier molecular flexibility index (Phi) is 3.97. The maximum absolute atomic E-state index is 13.5. The van der Waals surface area contributed by atoms with E-state index in [-0.39, 0.29) is 30.9 Å². The quantitative estimate of drug-likeness (QED) is 0.798. The number of likely N-dealkylation sites (tertiary alicyclic amines) is 1. The highest BCUT2D eigenvalue weighted by atomic mass is 19.1. The molecule has 0 bridgehead atoms. The molecule has 4 rings (SSSR count). The number of aliphatic hydroxyl groups excluding tert-OH is 1. The van der Waals surface area contributed by atoms with E-state index in [4.69, 9.17) is 0 Å². The number of nitrogens with zero attached hydrogens (tertiary/aromatic N) is 3. The molecule has 1 aliphatic rings. The Balaban J connectivity index is 1.59. The maximum atomic E-state index is 13.5. The van der Waals surface area contributed by atoms with E-state index in [0.717, 1.165) is 10.9 Å². The van der Waals surface area contributed by atoms with E-state index in [2.05, 4.69) is 5.10 Å². The van der Waals surface area contributed by atoms with Crippen molar-refractivity contribution >= 4 is 16.8 Å². The summed E-state index contributed by atoms with van der Waals surface area (Å²) in [5.41, 5.74) is 1.59. The molecule has 25 heavy (non-hydrogen) atoms. The van der Waals surface area contributed by atoms with Crippen LogP contribution in [0, 0.1) is 5.82 Å². The number of benzene rings is 2. The van der Waals surface area contributed by atoms with Gasteiger partial charge in [-0.2, -0.15) is 5.10 Å². The first kappa shape index (κ1) is 15.8. The third-order valence-electron chi connectivity index (χ3n) is 4.67. The van der Waals surface area contributed by atoms with Gasteiger partial charge in [-0.05, 0) is 30.2 Å². The van der Waals surface area contributed by atoms with Gasteiger partial charge in [-0.15, -0.1) is 0 Å². The summed E-state index contributed by atoms with van der Waals surface area (Å²) >= 11 is 0. The number of amides is 1. The second-order valence-corrected chi connectivity index (χ2v) is 6.37. The number of hydrogen-bond acceptors (Lipinski definition) is 3. The first-order chi connectivity index (χ1) is 12.1. The Hall–Kier alpha value is -2.73. The van der Waals surface area contributed by atoms with E-state index >= 15 is 0 Å². The average molecular weight is 339 g/mol. The molecule has 5 nitrogen and oxygen atoms in total. The number of β-amino-alcohol motifs (C(OH)–C–C–N with tert-alkyl or cyclic N) is 1. The van der Waals surface area contributed by atoms with Crippen LogP contribution in [0.4, 0.5) is 4.39 Å². The summed E-state index contributed by atoms with van der Waals surface area (Å²) < 4.78 is 15.2. The van der Waals surface area contributed by atoms with Gasteiger partial charge in [0, 0.05) is 11.9 Å². The molecule has 0 saturated carbocycles. The van der Waals surface area contributed by atoms with Crippen molar-refractivity contribution in [3.8, 4) is 0 Å². The number of rotatable bonds is 3. The first-order valence-electron chi connectivity index (χ1n) is 8.25. The lowest BCUT2D eigenvalue weighted by Crippen LogP contribution is -2.34. The fourth-order valence-corrected chi connectivity index (χ4v) is 3.49. The predicted octanol–water partition coefficient (Wildman–Crippen LogP) is 2.51. The lowest BCUT2D eigenvalue weighted by atomic mass is 10.0. The van der Waals surface area contributed by atoms with Crippen LogP contribution in [0.5, 0.6) is 0 Å². The molecule has 0 aliphatic carbocycles. The molecule has 1 saturated heterocycles. The van der Waals surface area contributed by atoms with Crippen molar-refractivity contribution in [3.05, 3.63) is 66.1 Å². The van der Waals surface area contributed by atoms with Crippen molar-refractivity contribution in [1.29, 1.82) is 0 Å². The van der Waals surface area contributed by atoms with Gasteiger partial charge in [-0.25, -0.2) is 4.39 Å². The average Bonchev–Trinajstić information content (AvgIpc) is 3.19. The molecule has 1 fully saturated rings. The van der Waals surface area contributed by atoms with Gasteiger partial charge >= 0.3 is 0 Å². The lowest BCUT2D eigenvalue weighted by Gasteiger charge is -2.25. The van der Waals surface area contributed by atoms with Crippen LogP contribution in [0.15, 0.2) is 54.7 Å². The van der Waals surface area contributed by atoms with Crippen molar-refractivity contribution in [3.63, 3.8) is 0 Å². The van der Waals surface area contributed by atoms with Crippen molar-refractivity contribution in [2.45, 2.75) is 25.1 Å². The molecule has 128 valence electrons. The summed E-state index contributed by atoms with van der Waals surface area (Å²) in [5, 5.41) is 15.3. The normalized spacial score (nSPS) is 20.3. The molecule has 1 aromatic heterocycles. The fraction of sp³-hybridized carbons (Fsp3) is 0.263. The molecule has 1 N–H and O–H groups in total. The largest absolute Gasteiger partial charge is 0.391 e. The Labute approximate surface area is 144 Å². The summed E-state index contributed by atoms with van der Waals surface area (Å²) in [5.74, 6) is -0.482. The van der Waals surface area contributed by atoms with E-state index in [1.54, 1.807) is 27.9 Å². The Bertz CT molecular complexity index is 924. The standard InChI is InChI=1S/C19H18FN3O2/c20-15-6-3-5-13(8-15)18-9-16(24)11-22(18)19(25)12-23-17-7-2-1-4-14(17)10-21-23/h1-8,10,16,18,24H,9,11-12H2/t16-,18-/m0/s1. The SMILES string of the molecule is O=C(Cn1ncc2ccccc21)N1C[C@@H](O)C[C@H]1c1cccc(F)c1. The molecule has 2 aromatic carbocycles. The lowest BCUT2D eigenvalue weighted by molar-refractivity contribution is -0.133. The van der Waals surface area contributed by atoms with Gasteiger partial charge in [0.25, 0.3) is 0 Å². The second kappa shape index (κ2) is 6.29. The highest BCUT2D eigenvalue weighted by molar-refractivity contribution is 5.82. The monoisotopic (exact) mass is 339 g/mol. The van der Waals surface area contributed by atoms with Crippen LogP contribution in [0.2, 0.25) is 0 Å². The van der Waals surface area contributed by atoms with Gasteiger partial charge in [0.1, 0.15) is 12.4 Å². The third kappa shape index (κ3) is 3.00.